The molecule has 0 unspecified atom stereocenters. The molecule has 1 aliphatic rings. The highest BCUT2D eigenvalue weighted by molar-refractivity contribution is 5.93. The lowest BCUT2D eigenvalue weighted by atomic mass is 9.90. The molecule has 1 saturated heterocycles. The Hall–Kier alpha value is -1.40. The average Bonchev–Trinajstić information content (AvgIpc) is 2.81. The van der Waals surface area contributed by atoms with E-state index in [2.05, 4.69) is 10.4 Å². The van der Waals surface area contributed by atoms with Crippen LogP contribution in [0.3, 0.4) is 0 Å². The van der Waals surface area contributed by atoms with Crippen molar-refractivity contribution in [3.8, 4) is 0 Å². The average molecular weight is 266 g/mol. The van der Waals surface area contributed by atoms with Crippen molar-refractivity contribution in [2.45, 2.75) is 31.7 Å². The maximum atomic E-state index is 12.4. The minimum atomic E-state index is -0.341. The molecule has 0 bridgehead atoms. The zero-order chi connectivity index (χ0) is 13.9. The summed E-state index contributed by atoms with van der Waals surface area (Å²) in [5.41, 5.74) is 7.00. The molecule has 6 heteroatoms. The van der Waals surface area contributed by atoms with Gasteiger partial charge in [-0.1, -0.05) is 6.92 Å². The number of nitrogens with two attached hydrogens (primary N) is 1. The molecule has 1 aliphatic heterocycles. The second-order valence-electron chi connectivity index (χ2n) is 5.05. The van der Waals surface area contributed by atoms with Gasteiger partial charge in [-0.05, 0) is 25.3 Å². The first-order chi connectivity index (χ1) is 9.10. The van der Waals surface area contributed by atoms with Crippen molar-refractivity contribution in [2.24, 2.45) is 12.8 Å². The lowest BCUT2D eigenvalue weighted by molar-refractivity contribution is 0.0386. The molecule has 0 atom stereocenters. The fourth-order valence-corrected chi connectivity index (χ4v) is 2.36. The highest BCUT2D eigenvalue weighted by Crippen LogP contribution is 2.20. The van der Waals surface area contributed by atoms with Gasteiger partial charge in [0.25, 0.3) is 5.91 Å². The molecule has 0 spiro atoms. The molecule has 0 aromatic carbocycles. The first-order valence-electron chi connectivity index (χ1n) is 6.73. The topological polar surface area (TPSA) is 82.2 Å². The van der Waals surface area contributed by atoms with E-state index in [1.165, 1.54) is 0 Å². The summed E-state index contributed by atoms with van der Waals surface area (Å²) in [6, 6.07) is 1.83. The van der Waals surface area contributed by atoms with Gasteiger partial charge in [0.15, 0.2) is 0 Å². The van der Waals surface area contributed by atoms with E-state index in [9.17, 15) is 4.79 Å². The van der Waals surface area contributed by atoms with E-state index >= 15 is 0 Å². The van der Waals surface area contributed by atoms with Crippen molar-refractivity contribution in [2.75, 3.05) is 19.8 Å². The molecule has 1 fully saturated rings. The van der Waals surface area contributed by atoms with E-state index in [-0.39, 0.29) is 11.4 Å². The van der Waals surface area contributed by atoms with Gasteiger partial charge in [0.05, 0.1) is 11.2 Å². The second-order valence-corrected chi connectivity index (χ2v) is 5.05. The Labute approximate surface area is 113 Å². The number of nitrogens with zero attached hydrogens (tertiary/aromatic N) is 2. The number of hydrogen-bond donors (Lipinski definition) is 2. The summed E-state index contributed by atoms with van der Waals surface area (Å²) in [7, 11) is 1.78. The maximum absolute atomic E-state index is 12.4. The number of ether oxygens (including phenoxy) is 1. The van der Waals surface area contributed by atoms with Gasteiger partial charge in [0.1, 0.15) is 5.69 Å². The SMILES string of the molecule is CCc1cc(C(=O)NC2(CN)CCOCC2)n(C)n1. The lowest BCUT2D eigenvalue weighted by Crippen LogP contribution is -2.56. The van der Waals surface area contributed by atoms with Crippen molar-refractivity contribution in [1.82, 2.24) is 15.1 Å². The van der Waals surface area contributed by atoms with Crippen LogP contribution in [0.15, 0.2) is 6.07 Å². The van der Waals surface area contributed by atoms with E-state index in [1.807, 2.05) is 13.0 Å². The zero-order valence-electron chi connectivity index (χ0n) is 11.6. The van der Waals surface area contributed by atoms with Crippen LogP contribution >= 0.6 is 0 Å². The van der Waals surface area contributed by atoms with Gasteiger partial charge in [-0.15, -0.1) is 0 Å². The van der Waals surface area contributed by atoms with E-state index in [4.69, 9.17) is 10.5 Å². The predicted molar refractivity (Wildman–Crippen MR) is 71.9 cm³/mol. The summed E-state index contributed by atoms with van der Waals surface area (Å²) >= 11 is 0. The van der Waals surface area contributed by atoms with Crippen LogP contribution in [0.1, 0.15) is 35.9 Å². The van der Waals surface area contributed by atoms with Crippen LogP contribution in [-0.2, 0) is 18.2 Å². The van der Waals surface area contributed by atoms with Crippen LogP contribution < -0.4 is 11.1 Å². The standard InChI is InChI=1S/C13H22N4O2/c1-3-10-8-11(17(2)16-10)12(18)15-13(9-14)4-6-19-7-5-13/h8H,3-7,9,14H2,1-2H3,(H,15,18). The summed E-state index contributed by atoms with van der Waals surface area (Å²) in [6.07, 6.45) is 2.33. The fraction of sp³-hybridized carbons (Fsp3) is 0.692. The Morgan fingerprint density at radius 2 is 2.26 bits per heavy atom. The van der Waals surface area contributed by atoms with E-state index in [1.54, 1.807) is 11.7 Å². The zero-order valence-corrected chi connectivity index (χ0v) is 11.6. The largest absolute Gasteiger partial charge is 0.381 e. The molecule has 2 heterocycles. The molecule has 0 saturated carbocycles. The number of hydrogen-bond acceptors (Lipinski definition) is 4. The summed E-state index contributed by atoms with van der Waals surface area (Å²) in [5, 5.41) is 7.36. The van der Waals surface area contributed by atoms with Crippen LogP contribution in [-0.4, -0.2) is 41.0 Å². The third-order valence-electron chi connectivity index (χ3n) is 3.74. The number of carbonyl (C=O) groups is 1. The molecule has 1 aromatic rings. The van der Waals surface area contributed by atoms with Crippen molar-refractivity contribution < 1.29 is 9.53 Å². The summed E-state index contributed by atoms with van der Waals surface area (Å²) in [6.45, 7) is 3.73. The fourth-order valence-electron chi connectivity index (χ4n) is 2.36. The molecule has 0 radical (unpaired) electrons. The molecule has 2 rings (SSSR count). The van der Waals surface area contributed by atoms with Crippen molar-refractivity contribution in [1.29, 1.82) is 0 Å². The number of carbonyl (C=O) groups excluding carboxylic acids is 1. The molecule has 19 heavy (non-hydrogen) atoms. The number of aryl methyl sites for hydroxylation is 2. The second kappa shape index (κ2) is 5.71. The van der Waals surface area contributed by atoms with Gasteiger partial charge in [-0.2, -0.15) is 5.10 Å². The minimum absolute atomic E-state index is 0.109. The smallest absolute Gasteiger partial charge is 0.270 e. The Bertz CT molecular complexity index is 449. The quantitative estimate of drug-likeness (QED) is 0.817. The van der Waals surface area contributed by atoms with E-state index in [0.29, 0.717) is 25.5 Å². The molecule has 6 nitrogen and oxygen atoms in total. The van der Waals surface area contributed by atoms with Crippen LogP contribution in [0.4, 0.5) is 0 Å². The lowest BCUT2D eigenvalue weighted by Gasteiger charge is -2.36. The number of amides is 1. The summed E-state index contributed by atoms with van der Waals surface area (Å²) in [4.78, 5) is 12.4. The minimum Gasteiger partial charge on any atom is -0.381 e. The third kappa shape index (κ3) is 2.96. The number of nitrogens with one attached hydrogen (secondary N) is 1. The molecular weight excluding hydrogens is 244 g/mol. The van der Waals surface area contributed by atoms with Crippen LogP contribution in [0, 0.1) is 0 Å². The van der Waals surface area contributed by atoms with Gasteiger partial charge < -0.3 is 15.8 Å². The Kier molecular flexibility index (Phi) is 4.21. The normalized spacial score (nSPS) is 18.3. The highest BCUT2D eigenvalue weighted by atomic mass is 16.5. The van der Waals surface area contributed by atoms with E-state index < -0.39 is 0 Å². The Balaban J connectivity index is 2.12. The van der Waals surface area contributed by atoms with E-state index in [0.717, 1.165) is 25.0 Å². The molecule has 1 amide bonds. The third-order valence-corrected chi connectivity index (χ3v) is 3.74. The molecule has 0 aliphatic carbocycles. The summed E-state index contributed by atoms with van der Waals surface area (Å²) < 4.78 is 6.96. The highest BCUT2D eigenvalue weighted by Gasteiger charge is 2.33. The number of aromatic nitrogens is 2. The van der Waals surface area contributed by atoms with Gasteiger partial charge in [0, 0.05) is 26.8 Å². The molecule has 1 aromatic heterocycles. The first kappa shape index (κ1) is 14.0. The Morgan fingerprint density at radius 3 is 2.79 bits per heavy atom. The van der Waals surface area contributed by atoms with Crippen LogP contribution in [0.2, 0.25) is 0 Å². The Morgan fingerprint density at radius 1 is 1.58 bits per heavy atom. The van der Waals surface area contributed by atoms with Gasteiger partial charge in [-0.3, -0.25) is 9.48 Å². The van der Waals surface area contributed by atoms with Gasteiger partial charge in [0.2, 0.25) is 0 Å². The first-order valence-corrected chi connectivity index (χ1v) is 6.73. The number of rotatable bonds is 4. The van der Waals surface area contributed by atoms with Crippen LogP contribution in [0.25, 0.3) is 0 Å². The van der Waals surface area contributed by atoms with Crippen LogP contribution in [0.5, 0.6) is 0 Å². The van der Waals surface area contributed by atoms with Crippen molar-refractivity contribution in [3.05, 3.63) is 17.5 Å². The summed E-state index contributed by atoms with van der Waals surface area (Å²) in [5.74, 6) is -0.109. The monoisotopic (exact) mass is 266 g/mol. The van der Waals surface area contributed by atoms with Crippen molar-refractivity contribution >= 4 is 5.91 Å². The van der Waals surface area contributed by atoms with Gasteiger partial charge in [-0.25, -0.2) is 0 Å². The molecule has 3 N–H and O–H groups in total. The van der Waals surface area contributed by atoms with Crippen molar-refractivity contribution in [3.63, 3.8) is 0 Å². The predicted octanol–water partition coefficient (Wildman–Crippen LogP) is 0.220. The maximum Gasteiger partial charge on any atom is 0.270 e. The molecule has 106 valence electrons. The van der Waals surface area contributed by atoms with Gasteiger partial charge >= 0.3 is 0 Å². The molecular formula is C13H22N4O2.